The Balaban J connectivity index is 1.94. The third kappa shape index (κ3) is 3.22. The lowest BCUT2D eigenvalue weighted by Gasteiger charge is -2.22. The number of aryl methyl sites for hydroxylation is 3. The van der Waals surface area contributed by atoms with Gasteiger partial charge in [-0.3, -0.25) is 0 Å². The van der Waals surface area contributed by atoms with Gasteiger partial charge < -0.3 is 5.32 Å². The van der Waals surface area contributed by atoms with E-state index >= 15 is 0 Å². The maximum Gasteiger partial charge on any atom is 0.0673 e. The normalized spacial score (nSPS) is 15.7. The van der Waals surface area contributed by atoms with Crippen molar-refractivity contribution >= 4 is 11.3 Å². The molecule has 3 rings (SSSR count). The van der Waals surface area contributed by atoms with E-state index < -0.39 is 0 Å². The number of rotatable bonds is 5. The molecule has 1 atom stereocenters. The third-order valence-corrected chi connectivity index (χ3v) is 5.55. The van der Waals surface area contributed by atoms with Gasteiger partial charge in [-0.2, -0.15) is 0 Å². The zero-order valence-electron chi connectivity index (χ0n) is 13.1. The van der Waals surface area contributed by atoms with Gasteiger partial charge in [-0.1, -0.05) is 25.1 Å². The first-order chi connectivity index (χ1) is 10.3. The first-order valence-electron chi connectivity index (χ1n) is 8.18. The summed E-state index contributed by atoms with van der Waals surface area (Å²) in [6.07, 6.45) is 6.40. The number of nitrogens with one attached hydrogen (secondary N) is 1. The smallest absolute Gasteiger partial charge is 0.0673 e. The number of hydrogen-bond acceptors (Lipinski definition) is 2. The number of thiophene rings is 1. The van der Waals surface area contributed by atoms with Crippen LogP contribution >= 0.6 is 11.3 Å². The maximum atomic E-state index is 3.75. The number of benzene rings is 1. The summed E-state index contributed by atoms with van der Waals surface area (Å²) < 4.78 is 0. The number of hydrogen-bond donors (Lipinski definition) is 1. The van der Waals surface area contributed by atoms with Crippen molar-refractivity contribution in [3.8, 4) is 0 Å². The summed E-state index contributed by atoms with van der Waals surface area (Å²) in [5.74, 6) is 0. The lowest BCUT2D eigenvalue weighted by molar-refractivity contribution is 0.601. The van der Waals surface area contributed by atoms with Crippen LogP contribution in [0.4, 0.5) is 0 Å². The highest BCUT2D eigenvalue weighted by Crippen LogP contribution is 2.32. The van der Waals surface area contributed by atoms with Gasteiger partial charge in [0, 0.05) is 4.88 Å². The van der Waals surface area contributed by atoms with E-state index in [0.29, 0.717) is 6.04 Å². The summed E-state index contributed by atoms with van der Waals surface area (Å²) >= 11 is 1.88. The molecule has 1 aromatic carbocycles. The predicted molar refractivity (Wildman–Crippen MR) is 92.3 cm³/mol. The van der Waals surface area contributed by atoms with Crippen LogP contribution in [0.2, 0.25) is 0 Å². The van der Waals surface area contributed by atoms with Gasteiger partial charge >= 0.3 is 0 Å². The fourth-order valence-electron chi connectivity index (χ4n) is 3.26. The molecule has 0 saturated heterocycles. The lowest BCUT2D eigenvalue weighted by atomic mass is 9.88. The monoisotopic (exact) mass is 299 g/mol. The summed E-state index contributed by atoms with van der Waals surface area (Å²) in [4.78, 5) is 1.47. The average Bonchev–Trinajstić information content (AvgIpc) is 2.94. The van der Waals surface area contributed by atoms with Crippen molar-refractivity contribution in [3.05, 3.63) is 56.8 Å². The first kappa shape index (κ1) is 14.8. The molecule has 1 aromatic heterocycles. The van der Waals surface area contributed by atoms with E-state index in [1.54, 1.807) is 11.1 Å². The van der Waals surface area contributed by atoms with Crippen molar-refractivity contribution in [2.75, 3.05) is 6.54 Å². The Bertz CT molecular complexity index is 599. The van der Waals surface area contributed by atoms with Gasteiger partial charge in [-0.25, -0.2) is 0 Å². The van der Waals surface area contributed by atoms with Gasteiger partial charge in [-0.15, -0.1) is 11.3 Å². The van der Waals surface area contributed by atoms with Crippen molar-refractivity contribution in [2.45, 2.75) is 52.0 Å². The number of fused-ring (bicyclic) bond motifs is 1. The predicted octanol–water partition coefficient (Wildman–Crippen LogP) is 5.02. The van der Waals surface area contributed by atoms with E-state index in [1.807, 2.05) is 11.3 Å². The minimum absolute atomic E-state index is 0.358. The second-order valence-electron chi connectivity index (χ2n) is 6.09. The summed E-state index contributed by atoms with van der Waals surface area (Å²) in [5.41, 5.74) is 6.00. The van der Waals surface area contributed by atoms with Crippen LogP contribution in [0.15, 0.2) is 29.6 Å². The van der Waals surface area contributed by atoms with Crippen LogP contribution < -0.4 is 5.32 Å². The molecule has 0 saturated carbocycles. The van der Waals surface area contributed by atoms with Gasteiger partial charge in [0.1, 0.15) is 0 Å². The quantitative estimate of drug-likeness (QED) is 0.817. The Labute approximate surface area is 132 Å². The van der Waals surface area contributed by atoms with Gasteiger partial charge in [0.25, 0.3) is 0 Å². The second-order valence-corrected chi connectivity index (χ2v) is 7.04. The third-order valence-electron chi connectivity index (χ3n) is 4.47. The largest absolute Gasteiger partial charge is 0.306 e. The molecule has 0 amide bonds. The van der Waals surface area contributed by atoms with Crippen molar-refractivity contribution in [2.24, 2.45) is 0 Å². The van der Waals surface area contributed by atoms with Crippen molar-refractivity contribution in [1.29, 1.82) is 0 Å². The molecule has 2 heteroatoms. The molecule has 0 bridgehead atoms. The highest BCUT2D eigenvalue weighted by Gasteiger charge is 2.19. The van der Waals surface area contributed by atoms with Gasteiger partial charge in [0.2, 0.25) is 0 Å². The molecule has 112 valence electrons. The molecule has 1 aliphatic rings. The van der Waals surface area contributed by atoms with Crippen LogP contribution in [0.5, 0.6) is 0 Å². The molecule has 1 unspecified atom stereocenters. The molecule has 0 aliphatic heterocycles. The Morgan fingerprint density at radius 2 is 1.95 bits per heavy atom. The van der Waals surface area contributed by atoms with E-state index in [1.165, 1.54) is 48.1 Å². The molecule has 0 fully saturated rings. The Morgan fingerprint density at radius 3 is 2.67 bits per heavy atom. The molecular weight excluding hydrogens is 274 g/mol. The van der Waals surface area contributed by atoms with E-state index in [2.05, 4.69) is 48.8 Å². The van der Waals surface area contributed by atoms with E-state index in [0.717, 1.165) is 6.54 Å². The lowest BCUT2D eigenvalue weighted by Crippen LogP contribution is -2.23. The van der Waals surface area contributed by atoms with Gasteiger partial charge in [0.05, 0.1) is 6.04 Å². The molecule has 0 spiro atoms. The summed E-state index contributed by atoms with van der Waals surface area (Å²) in [5, 5.41) is 5.96. The Kier molecular flexibility index (Phi) is 4.77. The fraction of sp³-hybridized carbons (Fsp3) is 0.474. The molecule has 0 radical (unpaired) electrons. The van der Waals surface area contributed by atoms with Crippen molar-refractivity contribution in [3.63, 3.8) is 0 Å². The summed E-state index contributed by atoms with van der Waals surface area (Å²) in [6.45, 7) is 5.53. The van der Waals surface area contributed by atoms with Crippen LogP contribution in [0, 0.1) is 6.92 Å². The van der Waals surface area contributed by atoms with Crippen LogP contribution in [-0.4, -0.2) is 6.54 Å². The van der Waals surface area contributed by atoms with Crippen molar-refractivity contribution < 1.29 is 0 Å². The van der Waals surface area contributed by atoms with Crippen molar-refractivity contribution in [1.82, 2.24) is 5.32 Å². The summed E-state index contributed by atoms with van der Waals surface area (Å²) in [6, 6.07) is 9.77. The molecule has 2 aromatic rings. The second kappa shape index (κ2) is 6.76. The molecule has 1 aliphatic carbocycles. The maximum absolute atomic E-state index is 3.75. The SMILES string of the molecule is CCCNC(c1ccc2c(c1)CCCC2)c1sccc1C. The standard InChI is InChI=1S/C19H25NS/c1-3-11-20-18(19-14(2)10-12-21-19)17-9-8-15-6-4-5-7-16(15)13-17/h8-10,12-13,18,20H,3-7,11H2,1-2H3. The van der Waals surface area contributed by atoms with Gasteiger partial charge in [0.15, 0.2) is 0 Å². The minimum atomic E-state index is 0.358. The van der Waals surface area contributed by atoms with Crippen LogP contribution in [0.1, 0.15) is 59.4 Å². The average molecular weight is 299 g/mol. The zero-order chi connectivity index (χ0) is 14.7. The van der Waals surface area contributed by atoms with E-state index in [-0.39, 0.29) is 0 Å². The topological polar surface area (TPSA) is 12.0 Å². The Hall–Kier alpha value is -1.12. The highest BCUT2D eigenvalue weighted by atomic mass is 32.1. The van der Waals surface area contributed by atoms with Crippen LogP contribution in [0.3, 0.4) is 0 Å². The molecule has 1 N–H and O–H groups in total. The Morgan fingerprint density at radius 1 is 1.14 bits per heavy atom. The molecule has 1 nitrogen and oxygen atoms in total. The van der Waals surface area contributed by atoms with Gasteiger partial charge in [-0.05, 0) is 79.3 Å². The first-order valence-corrected chi connectivity index (χ1v) is 9.06. The van der Waals surface area contributed by atoms with Crippen LogP contribution in [0.25, 0.3) is 0 Å². The zero-order valence-corrected chi connectivity index (χ0v) is 13.9. The van der Waals surface area contributed by atoms with E-state index in [9.17, 15) is 0 Å². The molecular formula is C19H25NS. The van der Waals surface area contributed by atoms with Crippen LogP contribution in [-0.2, 0) is 12.8 Å². The summed E-state index contributed by atoms with van der Waals surface area (Å²) in [7, 11) is 0. The van der Waals surface area contributed by atoms with E-state index in [4.69, 9.17) is 0 Å². The highest BCUT2D eigenvalue weighted by molar-refractivity contribution is 7.10. The fourth-order valence-corrected chi connectivity index (χ4v) is 4.29. The minimum Gasteiger partial charge on any atom is -0.306 e. The molecule has 1 heterocycles. The molecule has 21 heavy (non-hydrogen) atoms.